The van der Waals surface area contributed by atoms with Gasteiger partial charge in [0, 0.05) is 18.6 Å². The monoisotopic (exact) mass is 236 g/mol. The van der Waals surface area contributed by atoms with Gasteiger partial charge in [0.1, 0.15) is 5.75 Å². The van der Waals surface area contributed by atoms with Crippen molar-refractivity contribution in [2.75, 3.05) is 14.2 Å². The molecule has 4 heteroatoms. The molecule has 4 nitrogen and oxygen atoms in total. The minimum atomic E-state index is -0.372. The fraction of sp³-hybridized carbons (Fsp3) is 0.308. The number of benzene rings is 1. The summed E-state index contributed by atoms with van der Waals surface area (Å²) in [5.74, 6) is 1.20. The van der Waals surface area contributed by atoms with Gasteiger partial charge in [-0.25, -0.2) is 0 Å². The van der Waals surface area contributed by atoms with Gasteiger partial charge in [-0.05, 0) is 13.0 Å². The summed E-state index contributed by atoms with van der Waals surface area (Å²) < 4.78 is 15.4. The highest BCUT2D eigenvalue weighted by molar-refractivity contribution is 5.73. The van der Waals surface area contributed by atoms with E-state index in [1.165, 1.54) is 14.0 Å². The van der Waals surface area contributed by atoms with E-state index in [1.807, 2.05) is 19.1 Å². The van der Waals surface area contributed by atoms with Crippen LogP contribution in [0.4, 0.5) is 0 Å². The number of methoxy groups -OCH3 is 2. The van der Waals surface area contributed by atoms with Gasteiger partial charge < -0.3 is 14.2 Å². The van der Waals surface area contributed by atoms with E-state index in [0.717, 1.165) is 5.56 Å². The first-order valence-electron chi connectivity index (χ1n) is 5.19. The Morgan fingerprint density at radius 1 is 1.12 bits per heavy atom. The molecule has 0 bridgehead atoms. The molecule has 0 aromatic heterocycles. The Balaban J connectivity index is 3.28. The smallest absolute Gasteiger partial charge is 0.308 e. The highest BCUT2D eigenvalue weighted by atomic mass is 16.5. The van der Waals surface area contributed by atoms with Crippen molar-refractivity contribution in [1.82, 2.24) is 0 Å². The maximum absolute atomic E-state index is 11.0. The molecule has 17 heavy (non-hydrogen) atoms. The maximum atomic E-state index is 11.0. The molecule has 0 amide bonds. The van der Waals surface area contributed by atoms with Crippen molar-refractivity contribution in [1.29, 1.82) is 0 Å². The van der Waals surface area contributed by atoms with Gasteiger partial charge in [-0.1, -0.05) is 12.2 Å². The Morgan fingerprint density at radius 3 is 2.18 bits per heavy atom. The second-order valence-electron chi connectivity index (χ2n) is 3.34. The molecule has 0 spiro atoms. The van der Waals surface area contributed by atoms with Crippen LogP contribution in [0.25, 0.3) is 6.08 Å². The molecule has 0 aliphatic heterocycles. The van der Waals surface area contributed by atoms with E-state index < -0.39 is 0 Å². The van der Waals surface area contributed by atoms with Crippen LogP contribution in [0.3, 0.4) is 0 Å². The molecule has 0 atom stereocenters. The molecule has 0 fully saturated rings. The summed E-state index contributed by atoms with van der Waals surface area (Å²) in [5, 5.41) is 0. The molecule has 1 rings (SSSR count). The highest BCUT2D eigenvalue weighted by Crippen LogP contribution is 2.35. The van der Waals surface area contributed by atoms with E-state index in [1.54, 1.807) is 19.2 Å². The lowest BCUT2D eigenvalue weighted by Gasteiger charge is -2.12. The van der Waals surface area contributed by atoms with Crippen LogP contribution in [0.15, 0.2) is 18.2 Å². The SMILES string of the molecule is C/C=C/c1cc(OC)c(OC)cc1OC(C)=O. The topological polar surface area (TPSA) is 44.8 Å². The molecule has 0 aliphatic rings. The van der Waals surface area contributed by atoms with E-state index in [4.69, 9.17) is 14.2 Å². The number of carbonyl (C=O) groups is 1. The van der Waals surface area contributed by atoms with Crippen molar-refractivity contribution in [3.8, 4) is 17.2 Å². The average molecular weight is 236 g/mol. The molecule has 0 aliphatic carbocycles. The van der Waals surface area contributed by atoms with Crippen LogP contribution < -0.4 is 14.2 Å². The van der Waals surface area contributed by atoms with Gasteiger partial charge in [-0.2, -0.15) is 0 Å². The summed E-state index contributed by atoms with van der Waals surface area (Å²) in [6, 6.07) is 3.40. The second kappa shape index (κ2) is 5.94. The Hall–Kier alpha value is -1.97. The average Bonchev–Trinajstić information content (AvgIpc) is 2.30. The summed E-state index contributed by atoms with van der Waals surface area (Å²) in [6.45, 7) is 3.24. The van der Waals surface area contributed by atoms with Gasteiger partial charge in [0.2, 0.25) is 0 Å². The first-order valence-corrected chi connectivity index (χ1v) is 5.19. The van der Waals surface area contributed by atoms with Gasteiger partial charge in [0.25, 0.3) is 0 Å². The number of hydrogen-bond donors (Lipinski definition) is 0. The molecule has 92 valence electrons. The minimum Gasteiger partial charge on any atom is -0.493 e. The van der Waals surface area contributed by atoms with Crippen molar-refractivity contribution in [2.24, 2.45) is 0 Å². The molecule has 0 N–H and O–H groups in total. The van der Waals surface area contributed by atoms with Crippen molar-refractivity contribution in [3.63, 3.8) is 0 Å². The third kappa shape index (κ3) is 3.24. The van der Waals surface area contributed by atoms with Crippen LogP contribution in [-0.2, 0) is 4.79 Å². The van der Waals surface area contributed by atoms with E-state index in [0.29, 0.717) is 17.2 Å². The van der Waals surface area contributed by atoms with Crippen LogP contribution in [-0.4, -0.2) is 20.2 Å². The van der Waals surface area contributed by atoms with Gasteiger partial charge in [0.15, 0.2) is 11.5 Å². The van der Waals surface area contributed by atoms with Crippen LogP contribution in [0.5, 0.6) is 17.2 Å². The fourth-order valence-electron chi connectivity index (χ4n) is 1.43. The summed E-state index contributed by atoms with van der Waals surface area (Å²) in [6.07, 6.45) is 3.69. The highest BCUT2D eigenvalue weighted by Gasteiger charge is 2.11. The van der Waals surface area contributed by atoms with Crippen LogP contribution in [0, 0.1) is 0 Å². The maximum Gasteiger partial charge on any atom is 0.308 e. The molecule has 0 saturated carbocycles. The van der Waals surface area contributed by atoms with Gasteiger partial charge in [-0.15, -0.1) is 0 Å². The number of rotatable bonds is 4. The molecular weight excluding hydrogens is 220 g/mol. The largest absolute Gasteiger partial charge is 0.493 e. The lowest BCUT2D eigenvalue weighted by atomic mass is 10.1. The number of esters is 1. The fourth-order valence-corrected chi connectivity index (χ4v) is 1.43. The summed E-state index contributed by atoms with van der Waals surface area (Å²) in [5.41, 5.74) is 0.764. The first-order chi connectivity index (χ1) is 8.12. The van der Waals surface area contributed by atoms with Crippen molar-refractivity contribution in [2.45, 2.75) is 13.8 Å². The zero-order valence-electron chi connectivity index (χ0n) is 10.4. The molecule has 1 aromatic rings. The quantitative estimate of drug-likeness (QED) is 0.595. The Kier molecular flexibility index (Phi) is 4.57. The van der Waals surface area contributed by atoms with E-state index in [9.17, 15) is 4.79 Å². The molecule has 1 aromatic carbocycles. The zero-order valence-corrected chi connectivity index (χ0v) is 10.4. The summed E-state index contributed by atoms with van der Waals surface area (Å²) in [4.78, 5) is 11.0. The van der Waals surface area contributed by atoms with Gasteiger partial charge in [-0.3, -0.25) is 4.79 Å². The first kappa shape index (κ1) is 13.1. The third-order valence-corrected chi connectivity index (χ3v) is 2.12. The predicted octanol–water partition coefficient (Wildman–Crippen LogP) is 2.66. The number of allylic oxidation sites excluding steroid dienone is 1. The normalized spacial score (nSPS) is 10.4. The minimum absolute atomic E-state index is 0.372. The summed E-state index contributed by atoms with van der Waals surface area (Å²) >= 11 is 0. The number of ether oxygens (including phenoxy) is 3. The Bertz CT molecular complexity index is 435. The van der Waals surface area contributed by atoms with Gasteiger partial charge >= 0.3 is 5.97 Å². The molecule has 0 unspecified atom stereocenters. The Labute approximate surface area is 101 Å². The zero-order chi connectivity index (χ0) is 12.8. The summed E-state index contributed by atoms with van der Waals surface area (Å²) in [7, 11) is 3.09. The number of hydrogen-bond acceptors (Lipinski definition) is 4. The number of carbonyl (C=O) groups excluding carboxylic acids is 1. The van der Waals surface area contributed by atoms with Gasteiger partial charge in [0.05, 0.1) is 14.2 Å². The Morgan fingerprint density at radius 2 is 1.71 bits per heavy atom. The van der Waals surface area contributed by atoms with E-state index in [2.05, 4.69) is 0 Å². The lowest BCUT2D eigenvalue weighted by molar-refractivity contribution is -0.131. The van der Waals surface area contributed by atoms with Crippen LogP contribution >= 0.6 is 0 Å². The molecular formula is C13H16O4. The van der Waals surface area contributed by atoms with Crippen LogP contribution in [0.2, 0.25) is 0 Å². The standard InChI is InChI=1S/C13H16O4/c1-5-6-10-7-12(15-3)13(16-4)8-11(10)17-9(2)14/h5-8H,1-4H3/b6-5+. The third-order valence-electron chi connectivity index (χ3n) is 2.12. The second-order valence-corrected chi connectivity index (χ2v) is 3.34. The van der Waals surface area contributed by atoms with Crippen molar-refractivity contribution in [3.05, 3.63) is 23.8 Å². The molecule has 0 saturated heterocycles. The van der Waals surface area contributed by atoms with Crippen molar-refractivity contribution >= 4 is 12.0 Å². The molecule has 0 heterocycles. The van der Waals surface area contributed by atoms with E-state index >= 15 is 0 Å². The van der Waals surface area contributed by atoms with Crippen LogP contribution in [0.1, 0.15) is 19.4 Å². The van der Waals surface area contributed by atoms with Crippen molar-refractivity contribution < 1.29 is 19.0 Å². The lowest BCUT2D eigenvalue weighted by Crippen LogP contribution is -2.03. The molecule has 0 radical (unpaired) electrons. The predicted molar refractivity (Wildman–Crippen MR) is 65.6 cm³/mol. The van der Waals surface area contributed by atoms with E-state index in [-0.39, 0.29) is 5.97 Å².